The Hall–Kier alpha value is -1.68. The van der Waals surface area contributed by atoms with Crippen molar-refractivity contribution in [2.24, 2.45) is 0 Å². The summed E-state index contributed by atoms with van der Waals surface area (Å²) in [5, 5.41) is 2.72. The third-order valence-electron chi connectivity index (χ3n) is 3.08. The highest BCUT2D eigenvalue weighted by Gasteiger charge is 2.19. The van der Waals surface area contributed by atoms with Gasteiger partial charge in [-0.05, 0) is 39.0 Å². The number of esters is 1. The molecule has 1 N–H and O–H groups in total. The van der Waals surface area contributed by atoms with Crippen molar-refractivity contribution < 1.29 is 23.8 Å². The lowest BCUT2D eigenvalue weighted by Gasteiger charge is -2.19. The van der Waals surface area contributed by atoms with Gasteiger partial charge in [0.2, 0.25) is 5.91 Å². The molecule has 0 aliphatic carbocycles. The van der Waals surface area contributed by atoms with Gasteiger partial charge < -0.3 is 19.5 Å². The number of nitrogens with zero attached hydrogens (tertiary/aromatic N) is 1. The minimum Gasteiger partial charge on any atom is -0.460 e. The summed E-state index contributed by atoms with van der Waals surface area (Å²) in [5.41, 5.74) is 0.859. The molecule has 0 saturated heterocycles. The Bertz CT molecular complexity index is 786. The summed E-state index contributed by atoms with van der Waals surface area (Å²) in [4.78, 5) is 28.3. The van der Waals surface area contributed by atoms with E-state index in [2.05, 4.69) is 10.3 Å². The molecule has 27 heavy (non-hydrogen) atoms. The Labute approximate surface area is 166 Å². The zero-order chi connectivity index (χ0) is 19.9. The van der Waals surface area contributed by atoms with Crippen LogP contribution in [0, 0.1) is 0 Å². The van der Waals surface area contributed by atoms with Crippen molar-refractivity contribution in [2.75, 3.05) is 31.6 Å². The summed E-state index contributed by atoms with van der Waals surface area (Å²) < 4.78 is 17.3. The third kappa shape index (κ3) is 7.84. The number of rotatable bonds is 9. The van der Waals surface area contributed by atoms with E-state index in [0.717, 1.165) is 14.6 Å². The summed E-state index contributed by atoms with van der Waals surface area (Å²) in [6, 6.07) is 5.44. The highest BCUT2D eigenvalue weighted by atomic mass is 32.2. The molecule has 1 aromatic heterocycles. The number of ether oxygens (including phenoxy) is 3. The van der Waals surface area contributed by atoms with Crippen LogP contribution < -0.4 is 5.32 Å². The van der Waals surface area contributed by atoms with E-state index < -0.39 is 17.5 Å². The van der Waals surface area contributed by atoms with Crippen LogP contribution in [0.4, 0.5) is 5.69 Å². The number of fused-ring (bicyclic) bond motifs is 1. The molecule has 0 bridgehead atoms. The molecular formula is C18H24N2O5S2. The van der Waals surface area contributed by atoms with E-state index in [1.165, 1.54) is 23.1 Å². The SMILES string of the molecule is COCCOCSc1nc2ccc(NC(=O)CC(=O)OC(C)(C)C)cc2s1. The van der Waals surface area contributed by atoms with Gasteiger partial charge in [-0.15, -0.1) is 11.3 Å². The standard InChI is InChI=1S/C18H24N2O5S2/c1-18(2,3)25-16(22)10-15(21)19-12-5-6-13-14(9-12)27-17(20-13)26-11-24-8-7-23-4/h5-6,9H,7-8,10-11H2,1-4H3,(H,19,21). The first kappa shape index (κ1) is 21.6. The Kier molecular flexibility index (Phi) is 8.03. The van der Waals surface area contributed by atoms with Crippen molar-refractivity contribution in [3.63, 3.8) is 0 Å². The lowest BCUT2D eigenvalue weighted by Crippen LogP contribution is -2.27. The first-order valence-corrected chi connectivity index (χ1v) is 10.2. The minimum absolute atomic E-state index is 0.322. The van der Waals surface area contributed by atoms with Gasteiger partial charge in [-0.1, -0.05) is 11.8 Å². The number of anilines is 1. The lowest BCUT2D eigenvalue weighted by atomic mass is 10.2. The monoisotopic (exact) mass is 412 g/mol. The number of amides is 1. The number of thioether (sulfide) groups is 1. The van der Waals surface area contributed by atoms with Crippen LogP contribution in [0.3, 0.4) is 0 Å². The summed E-state index contributed by atoms with van der Waals surface area (Å²) in [5.74, 6) is -0.455. The fraction of sp³-hybridized carbons (Fsp3) is 0.500. The molecule has 2 aromatic rings. The fourth-order valence-electron chi connectivity index (χ4n) is 2.05. The summed E-state index contributed by atoms with van der Waals surface area (Å²) in [6.45, 7) is 6.39. The number of aromatic nitrogens is 1. The van der Waals surface area contributed by atoms with E-state index in [-0.39, 0.29) is 6.42 Å². The maximum Gasteiger partial charge on any atom is 0.315 e. The minimum atomic E-state index is -0.611. The second-order valence-corrected chi connectivity index (χ2v) is 8.84. The Balaban J connectivity index is 1.90. The third-order valence-corrected chi connectivity index (χ3v) is 5.11. The molecule has 0 radical (unpaired) electrons. The Morgan fingerprint density at radius 2 is 2.04 bits per heavy atom. The number of carbonyl (C=O) groups is 2. The molecule has 1 aromatic carbocycles. The van der Waals surface area contributed by atoms with Gasteiger partial charge in [0.15, 0.2) is 4.34 Å². The quantitative estimate of drug-likeness (QED) is 0.221. The van der Waals surface area contributed by atoms with Gasteiger partial charge in [-0.2, -0.15) is 0 Å². The lowest BCUT2D eigenvalue weighted by molar-refractivity contribution is -0.155. The molecule has 0 aliphatic rings. The van der Waals surface area contributed by atoms with Crippen molar-refractivity contribution in [3.05, 3.63) is 18.2 Å². The van der Waals surface area contributed by atoms with Gasteiger partial charge in [0.25, 0.3) is 0 Å². The molecule has 148 valence electrons. The molecule has 0 spiro atoms. The van der Waals surface area contributed by atoms with E-state index in [9.17, 15) is 9.59 Å². The summed E-state index contributed by atoms with van der Waals surface area (Å²) in [7, 11) is 1.63. The molecule has 0 aliphatic heterocycles. The summed E-state index contributed by atoms with van der Waals surface area (Å²) >= 11 is 3.03. The Morgan fingerprint density at radius 1 is 1.26 bits per heavy atom. The normalized spacial score (nSPS) is 11.6. The van der Waals surface area contributed by atoms with Crippen LogP contribution in [0.1, 0.15) is 27.2 Å². The van der Waals surface area contributed by atoms with Gasteiger partial charge in [0, 0.05) is 12.8 Å². The molecule has 1 heterocycles. The highest BCUT2D eigenvalue weighted by Crippen LogP contribution is 2.31. The molecule has 0 fully saturated rings. The van der Waals surface area contributed by atoms with Gasteiger partial charge in [-0.3, -0.25) is 9.59 Å². The molecule has 0 atom stereocenters. The number of methoxy groups -OCH3 is 1. The second kappa shape index (κ2) is 10.0. The zero-order valence-corrected chi connectivity index (χ0v) is 17.5. The predicted octanol–water partition coefficient (Wildman–Crippen LogP) is 3.68. The molecular weight excluding hydrogens is 388 g/mol. The van der Waals surface area contributed by atoms with Crippen LogP contribution in [0.5, 0.6) is 0 Å². The maximum absolute atomic E-state index is 12.0. The first-order valence-electron chi connectivity index (χ1n) is 8.38. The van der Waals surface area contributed by atoms with Crippen LogP contribution in [0.2, 0.25) is 0 Å². The zero-order valence-electron chi connectivity index (χ0n) is 15.9. The van der Waals surface area contributed by atoms with E-state index in [1.54, 1.807) is 33.9 Å². The van der Waals surface area contributed by atoms with Gasteiger partial charge in [0.1, 0.15) is 12.0 Å². The average molecular weight is 413 g/mol. The van der Waals surface area contributed by atoms with Crippen molar-refractivity contribution in [1.82, 2.24) is 4.98 Å². The molecule has 0 unspecified atom stereocenters. The van der Waals surface area contributed by atoms with Gasteiger partial charge >= 0.3 is 5.97 Å². The summed E-state index contributed by atoms with van der Waals surface area (Å²) in [6.07, 6.45) is -0.322. The molecule has 1 amide bonds. The number of hydrogen-bond acceptors (Lipinski definition) is 8. The largest absolute Gasteiger partial charge is 0.460 e. The number of benzene rings is 1. The van der Waals surface area contributed by atoms with Gasteiger partial charge in [0.05, 0.1) is 29.4 Å². The van der Waals surface area contributed by atoms with E-state index >= 15 is 0 Å². The number of nitrogens with one attached hydrogen (secondary N) is 1. The van der Waals surface area contributed by atoms with E-state index in [4.69, 9.17) is 14.2 Å². The second-order valence-electron chi connectivity index (χ2n) is 6.64. The van der Waals surface area contributed by atoms with Crippen molar-refractivity contribution in [1.29, 1.82) is 0 Å². The van der Waals surface area contributed by atoms with Crippen LogP contribution in [0.15, 0.2) is 22.5 Å². The number of thiazole rings is 1. The smallest absolute Gasteiger partial charge is 0.315 e. The predicted molar refractivity (Wildman–Crippen MR) is 107 cm³/mol. The fourth-order valence-corrected chi connectivity index (χ4v) is 3.90. The molecule has 0 saturated carbocycles. The van der Waals surface area contributed by atoms with E-state index in [1.807, 2.05) is 12.1 Å². The van der Waals surface area contributed by atoms with Crippen LogP contribution in [-0.4, -0.2) is 48.7 Å². The topological polar surface area (TPSA) is 86.8 Å². The van der Waals surface area contributed by atoms with Crippen molar-refractivity contribution >= 4 is 50.9 Å². The average Bonchev–Trinajstić information content (AvgIpc) is 2.94. The van der Waals surface area contributed by atoms with Gasteiger partial charge in [-0.25, -0.2) is 4.98 Å². The number of hydrogen-bond donors (Lipinski definition) is 1. The van der Waals surface area contributed by atoms with Crippen LogP contribution >= 0.6 is 23.1 Å². The van der Waals surface area contributed by atoms with Crippen LogP contribution in [0.25, 0.3) is 10.2 Å². The van der Waals surface area contributed by atoms with E-state index in [0.29, 0.717) is 24.8 Å². The molecule has 7 nitrogen and oxygen atoms in total. The maximum atomic E-state index is 12.0. The number of carbonyl (C=O) groups excluding carboxylic acids is 2. The van der Waals surface area contributed by atoms with Crippen LogP contribution in [-0.2, 0) is 23.8 Å². The van der Waals surface area contributed by atoms with Crippen molar-refractivity contribution in [2.45, 2.75) is 37.1 Å². The molecule has 2 rings (SSSR count). The molecule has 9 heteroatoms. The van der Waals surface area contributed by atoms with Crippen molar-refractivity contribution in [3.8, 4) is 0 Å². The Morgan fingerprint density at radius 3 is 2.74 bits per heavy atom. The first-order chi connectivity index (χ1) is 12.8. The highest BCUT2D eigenvalue weighted by molar-refractivity contribution is 8.01.